The zero-order valence-corrected chi connectivity index (χ0v) is 18.6. The fourth-order valence-corrected chi connectivity index (χ4v) is 3.89. The highest BCUT2D eigenvalue weighted by Gasteiger charge is 2.16. The van der Waals surface area contributed by atoms with E-state index >= 15 is 0 Å². The number of fused-ring (bicyclic) bond motifs is 3. The van der Waals surface area contributed by atoms with E-state index in [0.717, 1.165) is 56.4 Å². The van der Waals surface area contributed by atoms with Crippen LogP contribution in [0.2, 0.25) is 0 Å². The van der Waals surface area contributed by atoms with Gasteiger partial charge in [-0.25, -0.2) is 4.98 Å². The van der Waals surface area contributed by atoms with Gasteiger partial charge in [-0.2, -0.15) is 0 Å². The summed E-state index contributed by atoms with van der Waals surface area (Å²) in [5.41, 5.74) is 5.90. The summed E-state index contributed by atoms with van der Waals surface area (Å²) in [6.07, 6.45) is 2.16. The summed E-state index contributed by atoms with van der Waals surface area (Å²) in [5, 5.41) is 0. The maximum absolute atomic E-state index is 5.47. The van der Waals surface area contributed by atoms with Crippen molar-refractivity contribution >= 4 is 41.6 Å². The van der Waals surface area contributed by atoms with Crippen LogP contribution in [0.5, 0.6) is 0 Å². The van der Waals surface area contributed by atoms with Gasteiger partial charge in [0, 0.05) is 37.9 Å². The first-order valence-corrected chi connectivity index (χ1v) is 9.63. The van der Waals surface area contributed by atoms with E-state index in [9.17, 15) is 0 Å². The molecular weight excluding hydrogens is 423 g/mol. The van der Waals surface area contributed by atoms with Crippen LogP contribution in [0, 0.1) is 6.92 Å². The fraction of sp³-hybridized carbons (Fsp3) is 0.318. The number of ether oxygens (including phenoxy) is 1. The predicted octanol–water partition coefficient (Wildman–Crippen LogP) is 3.62. The van der Waals surface area contributed by atoms with Gasteiger partial charge in [0.1, 0.15) is 0 Å². The number of para-hydroxylation sites is 2. The number of benzene rings is 2. The number of aryl methyl sites for hydroxylation is 1. The van der Waals surface area contributed by atoms with E-state index in [4.69, 9.17) is 9.72 Å². The molecule has 1 saturated heterocycles. The Morgan fingerprint density at radius 1 is 0.900 bits per heavy atom. The average molecular weight is 451 g/mol. The molecule has 0 saturated carbocycles. The molecule has 0 aliphatic carbocycles. The normalized spacial score (nSPS) is 14.2. The Morgan fingerprint density at radius 3 is 2.27 bits per heavy atom. The number of hydrogen-bond acceptors (Lipinski definition) is 3. The van der Waals surface area contributed by atoms with Crippen molar-refractivity contribution in [2.75, 3.05) is 32.8 Å². The molecule has 3 heterocycles. The summed E-state index contributed by atoms with van der Waals surface area (Å²) in [7, 11) is 0. The maximum atomic E-state index is 5.47. The van der Waals surface area contributed by atoms with E-state index in [1.807, 2.05) is 0 Å². The van der Waals surface area contributed by atoms with Gasteiger partial charge >= 0.3 is 0 Å². The van der Waals surface area contributed by atoms with Gasteiger partial charge in [-0.3, -0.25) is 9.30 Å². The first-order valence-electron chi connectivity index (χ1n) is 9.63. The molecule has 6 nitrogen and oxygen atoms in total. The van der Waals surface area contributed by atoms with Crippen molar-refractivity contribution in [3.8, 4) is 11.3 Å². The molecule has 0 bridgehead atoms. The third-order valence-corrected chi connectivity index (χ3v) is 5.45. The predicted molar refractivity (Wildman–Crippen MR) is 126 cm³/mol. The van der Waals surface area contributed by atoms with Gasteiger partial charge in [0.2, 0.25) is 5.78 Å². The highest BCUT2D eigenvalue weighted by atomic mass is 35.5. The van der Waals surface area contributed by atoms with Crippen LogP contribution in [-0.4, -0.2) is 57.2 Å². The van der Waals surface area contributed by atoms with Gasteiger partial charge in [-0.1, -0.05) is 42.0 Å². The van der Waals surface area contributed by atoms with Crippen molar-refractivity contribution < 1.29 is 10.2 Å². The van der Waals surface area contributed by atoms with E-state index in [0.29, 0.717) is 0 Å². The monoisotopic (exact) mass is 450 g/mol. The number of nitrogens with zero attached hydrogens (tertiary/aromatic N) is 4. The summed E-state index contributed by atoms with van der Waals surface area (Å²) in [6, 6.07) is 17.2. The fourth-order valence-electron chi connectivity index (χ4n) is 3.89. The van der Waals surface area contributed by atoms with E-state index in [1.165, 1.54) is 16.6 Å². The quantitative estimate of drug-likeness (QED) is 0.476. The van der Waals surface area contributed by atoms with Crippen LogP contribution in [0.1, 0.15) is 5.56 Å². The van der Waals surface area contributed by atoms with Gasteiger partial charge in [0.15, 0.2) is 0 Å². The first kappa shape index (κ1) is 24.2. The molecule has 4 aromatic rings. The van der Waals surface area contributed by atoms with Crippen LogP contribution in [0.25, 0.3) is 28.1 Å². The molecule has 2 aromatic heterocycles. The van der Waals surface area contributed by atoms with Gasteiger partial charge < -0.3 is 14.8 Å². The third kappa shape index (κ3) is 4.48. The Morgan fingerprint density at radius 2 is 1.57 bits per heavy atom. The number of morpholine rings is 1. The van der Waals surface area contributed by atoms with Crippen LogP contribution >= 0.6 is 24.8 Å². The zero-order valence-electron chi connectivity index (χ0n) is 17.0. The molecule has 2 aromatic carbocycles. The molecule has 5 rings (SSSR count). The second kappa shape index (κ2) is 10.3. The van der Waals surface area contributed by atoms with Crippen LogP contribution in [0.15, 0.2) is 54.7 Å². The number of rotatable bonds is 4. The minimum atomic E-state index is 0. The Bertz CT molecular complexity index is 1090. The Balaban J connectivity index is 0.00000107. The molecule has 0 radical (unpaired) electrons. The lowest BCUT2D eigenvalue weighted by atomic mass is 10.1. The van der Waals surface area contributed by atoms with Crippen molar-refractivity contribution in [1.29, 1.82) is 0 Å². The smallest absolute Gasteiger partial charge is 0.215 e. The largest absolute Gasteiger partial charge is 0.412 e. The van der Waals surface area contributed by atoms with Crippen LogP contribution in [0.3, 0.4) is 0 Å². The van der Waals surface area contributed by atoms with Crippen molar-refractivity contribution in [3.05, 3.63) is 60.3 Å². The van der Waals surface area contributed by atoms with Crippen molar-refractivity contribution in [1.82, 2.24) is 18.9 Å². The SMILES string of the molecule is Cc1ccc(-c2cn3c4ccccc4n(CCN4CCOCC4)c3n2)cc1.Cl.Cl.O. The lowest BCUT2D eigenvalue weighted by molar-refractivity contribution is 0.0366. The van der Waals surface area contributed by atoms with Gasteiger partial charge in [0.25, 0.3) is 0 Å². The Labute approximate surface area is 188 Å². The molecule has 2 N–H and O–H groups in total. The van der Waals surface area contributed by atoms with E-state index in [1.54, 1.807) is 0 Å². The number of imidazole rings is 2. The summed E-state index contributed by atoms with van der Waals surface area (Å²) in [5.74, 6) is 1.01. The highest BCUT2D eigenvalue weighted by Crippen LogP contribution is 2.26. The first-order chi connectivity index (χ1) is 13.3. The van der Waals surface area contributed by atoms with E-state index in [-0.39, 0.29) is 30.3 Å². The molecule has 1 fully saturated rings. The summed E-state index contributed by atoms with van der Waals surface area (Å²) in [4.78, 5) is 7.47. The van der Waals surface area contributed by atoms with Crippen molar-refractivity contribution in [2.45, 2.75) is 13.5 Å². The molecule has 0 spiro atoms. The third-order valence-electron chi connectivity index (χ3n) is 5.45. The van der Waals surface area contributed by atoms with Crippen LogP contribution in [0.4, 0.5) is 0 Å². The van der Waals surface area contributed by atoms with Crippen molar-refractivity contribution in [3.63, 3.8) is 0 Å². The number of halogens is 2. The standard InChI is InChI=1S/C22H24N4O.2ClH.H2O/c1-17-6-8-18(9-7-17)19-16-26-21-5-3-2-4-20(21)25(22(26)23-19)11-10-24-12-14-27-15-13-24;;;/h2-9,16H,10-15H2,1H3;2*1H;1H2. The van der Waals surface area contributed by atoms with Crippen molar-refractivity contribution in [2.24, 2.45) is 0 Å². The zero-order chi connectivity index (χ0) is 18.2. The topological polar surface area (TPSA) is 66.2 Å². The molecule has 0 amide bonds. The van der Waals surface area contributed by atoms with Gasteiger partial charge in [-0.15, -0.1) is 24.8 Å². The second-order valence-electron chi connectivity index (χ2n) is 7.26. The Kier molecular flexibility index (Phi) is 8.29. The van der Waals surface area contributed by atoms with Gasteiger partial charge in [0.05, 0.1) is 29.9 Å². The van der Waals surface area contributed by atoms with Crippen LogP contribution in [-0.2, 0) is 11.3 Å². The Hall–Kier alpha value is -2.09. The molecule has 8 heteroatoms. The summed E-state index contributed by atoms with van der Waals surface area (Å²) in [6.45, 7) is 7.76. The molecular formula is C22H28Cl2N4O2. The molecule has 30 heavy (non-hydrogen) atoms. The number of hydrogen-bond donors (Lipinski definition) is 0. The average Bonchev–Trinajstić information content (AvgIpc) is 3.26. The van der Waals surface area contributed by atoms with E-state index in [2.05, 4.69) is 75.5 Å². The lowest BCUT2D eigenvalue weighted by Gasteiger charge is -2.26. The molecule has 0 atom stereocenters. The van der Waals surface area contributed by atoms with E-state index < -0.39 is 0 Å². The molecule has 1 aliphatic heterocycles. The molecule has 1 aliphatic rings. The summed E-state index contributed by atoms with van der Waals surface area (Å²) < 4.78 is 10.0. The van der Waals surface area contributed by atoms with Crippen LogP contribution < -0.4 is 0 Å². The lowest BCUT2D eigenvalue weighted by Crippen LogP contribution is -2.38. The maximum Gasteiger partial charge on any atom is 0.215 e. The van der Waals surface area contributed by atoms with Gasteiger partial charge in [-0.05, 0) is 19.1 Å². The second-order valence-corrected chi connectivity index (χ2v) is 7.26. The minimum absolute atomic E-state index is 0. The highest BCUT2D eigenvalue weighted by molar-refractivity contribution is 5.85. The summed E-state index contributed by atoms with van der Waals surface area (Å²) >= 11 is 0. The molecule has 0 unspecified atom stereocenters. The number of aromatic nitrogens is 3. The minimum Gasteiger partial charge on any atom is -0.412 e. The molecule has 162 valence electrons.